The summed E-state index contributed by atoms with van der Waals surface area (Å²) in [5.41, 5.74) is 4.03. The normalized spacial score (nSPS) is 11.0. The fourth-order valence-corrected chi connectivity index (χ4v) is 8.20. The van der Waals surface area contributed by atoms with Gasteiger partial charge in [-0.15, -0.1) is 0 Å². The Hall–Kier alpha value is -5.70. The number of ether oxygens (including phenoxy) is 6. The highest BCUT2D eigenvalue weighted by molar-refractivity contribution is 5.87. The van der Waals surface area contributed by atoms with Crippen molar-refractivity contribution in [3.05, 3.63) is 126 Å². The number of rotatable bonds is 35. The molecular weight excluding hydrogens is 839 g/mol. The molecule has 0 saturated heterocycles. The zero-order valence-corrected chi connectivity index (χ0v) is 40.8. The van der Waals surface area contributed by atoms with Gasteiger partial charge in [0.05, 0.1) is 27.4 Å². The van der Waals surface area contributed by atoms with E-state index in [4.69, 9.17) is 28.4 Å². The topological polar surface area (TPSA) is 92.8 Å². The lowest BCUT2D eigenvalue weighted by Gasteiger charge is -2.23. The van der Waals surface area contributed by atoms with E-state index in [1.807, 2.05) is 54.6 Å². The summed E-state index contributed by atoms with van der Waals surface area (Å²) in [7, 11) is 2.67. The second kappa shape index (κ2) is 31.3. The van der Waals surface area contributed by atoms with Crippen LogP contribution >= 0.6 is 0 Å². The van der Waals surface area contributed by atoms with Crippen molar-refractivity contribution in [2.75, 3.05) is 45.4 Å². The van der Waals surface area contributed by atoms with E-state index < -0.39 is 11.9 Å². The Balaban J connectivity index is 1.11. The molecule has 5 aromatic carbocycles. The van der Waals surface area contributed by atoms with E-state index in [0.717, 1.165) is 54.0 Å². The monoisotopic (exact) mass is 916 g/mol. The van der Waals surface area contributed by atoms with Crippen LogP contribution in [0.5, 0.6) is 23.0 Å². The first-order valence-corrected chi connectivity index (χ1v) is 25.1. The van der Waals surface area contributed by atoms with Gasteiger partial charge in [0.1, 0.15) is 37.8 Å². The first-order chi connectivity index (χ1) is 32.9. The van der Waals surface area contributed by atoms with Crippen LogP contribution in [0.1, 0.15) is 139 Å². The van der Waals surface area contributed by atoms with Gasteiger partial charge in [0.25, 0.3) is 0 Å². The molecule has 5 aromatic rings. The number of benzene rings is 5. The van der Waals surface area contributed by atoms with E-state index in [9.17, 15) is 9.59 Å². The number of fused-ring (bicyclic) bond motifs is 1. The standard InChI is InChI=1S/C58H77NO8/c1-4-5-6-7-8-9-10-11-12-13-14-15-16-17-18-26-35-64-53-40-52(59(43-57(60)62-2)44-58(61)63-3)41-54(42-53)65-36-27-25-28-47-33-34-50-38-55(66-45-48-29-21-19-22-30-48)56(39-51(50)37-47)67-46-49-31-23-20-24-32-49/h19-24,29-34,37-42H,4-18,25-28,35-36,43-46H2,1-3H3. The van der Waals surface area contributed by atoms with E-state index >= 15 is 0 Å². The van der Waals surface area contributed by atoms with Gasteiger partial charge >= 0.3 is 11.9 Å². The number of hydrogen-bond donors (Lipinski definition) is 0. The highest BCUT2D eigenvalue weighted by Crippen LogP contribution is 2.35. The van der Waals surface area contributed by atoms with E-state index in [-0.39, 0.29) is 13.1 Å². The average Bonchev–Trinajstić information content (AvgIpc) is 3.36. The van der Waals surface area contributed by atoms with Crippen LogP contribution in [0.2, 0.25) is 0 Å². The molecule has 0 amide bonds. The summed E-state index contributed by atoms with van der Waals surface area (Å²) in [5.74, 6) is 1.74. The maximum Gasteiger partial charge on any atom is 0.325 e. The first kappa shape index (κ1) is 52.3. The van der Waals surface area contributed by atoms with Gasteiger partial charge in [-0.2, -0.15) is 0 Å². The number of aryl methyl sites for hydroxylation is 1. The fourth-order valence-electron chi connectivity index (χ4n) is 8.20. The number of carbonyl (C=O) groups is 2. The molecular formula is C58H77NO8. The van der Waals surface area contributed by atoms with E-state index in [1.165, 1.54) is 110 Å². The Morgan fingerprint density at radius 1 is 0.433 bits per heavy atom. The average molecular weight is 916 g/mol. The minimum atomic E-state index is -0.465. The molecule has 0 bridgehead atoms. The van der Waals surface area contributed by atoms with Crippen LogP contribution in [0.3, 0.4) is 0 Å². The second-order valence-electron chi connectivity index (χ2n) is 17.7. The quantitative estimate of drug-likeness (QED) is 0.0291. The number of unbranched alkanes of at least 4 members (excludes halogenated alkanes) is 16. The lowest BCUT2D eigenvalue weighted by Crippen LogP contribution is -2.35. The molecule has 0 aliphatic carbocycles. The van der Waals surface area contributed by atoms with Gasteiger partial charge in [0.15, 0.2) is 11.5 Å². The van der Waals surface area contributed by atoms with Gasteiger partial charge in [0.2, 0.25) is 0 Å². The van der Waals surface area contributed by atoms with Crippen LogP contribution in [-0.2, 0) is 38.7 Å². The van der Waals surface area contributed by atoms with Crippen LogP contribution in [0.15, 0.2) is 109 Å². The fraction of sp³-hybridized carbons (Fsp3) is 0.483. The van der Waals surface area contributed by atoms with Gasteiger partial charge in [-0.25, -0.2) is 0 Å². The summed E-state index contributed by atoms with van der Waals surface area (Å²) in [6.45, 7) is 3.99. The molecule has 0 saturated carbocycles. The summed E-state index contributed by atoms with van der Waals surface area (Å²) >= 11 is 0. The van der Waals surface area contributed by atoms with Crippen LogP contribution in [-0.4, -0.2) is 52.5 Å². The molecule has 0 unspecified atom stereocenters. The zero-order chi connectivity index (χ0) is 47.2. The smallest absolute Gasteiger partial charge is 0.325 e. The van der Waals surface area contributed by atoms with Crippen LogP contribution in [0.4, 0.5) is 5.69 Å². The molecule has 9 nitrogen and oxygen atoms in total. The van der Waals surface area contributed by atoms with Gasteiger partial charge in [0, 0.05) is 23.9 Å². The molecule has 0 aromatic heterocycles. The van der Waals surface area contributed by atoms with Crippen molar-refractivity contribution in [2.45, 2.75) is 142 Å². The van der Waals surface area contributed by atoms with E-state index in [2.05, 4.69) is 61.5 Å². The SMILES string of the molecule is CCCCCCCCCCCCCCCCCCOc1cc(OCCCCc2ccc3cc(OCc4ccccc4)c(OCc4ccccc4)cc3c2)cc(N(CC(=O)OC)CC(=O)OC)c1. The minimum absolute atomic E-state index is 0.123. The molecule has 0 aliphatic rings. The van der Waals surface area contributed by atoms with Gasteiger partial charge in [-0.1, -0.05) is 182 Å². The van der Waals surface area contributed by atoms with Gasteiger partial charge in [-0.3, -0.25) is 9.59 Å². The van der Waals surface area contributed by atoms with Crippen molar-refractivity contribution in [2.24, 2.45) is 0 Å². The molecule has 5 rings (SSSR count). The Kier molecular flexibility index (Phi) is 24.4. The number of anilines is 1. The van der Waals surface area contributed by atoms with Crippen molar-refractivity contribution < 1.29 is 38.0 Å². The molecule has 0 fully saturated rings. The van der Waals surface area contributed by atoms with Crippen LogP contribution < -0.4 is 23.8 Å². The third-order valence-corrected chi connectivity index (χ3v) is 12.2. The number of carbonyl (C=O) groups excluding carboxylic acids is 2. The molecule has 0 heterocycles. The second-order valence-corrected chi connectivity index (χ2v) is 17.7. The molecule has 0 aliphatic heterocycles. The van der Waals surface area contributed by atoms with Crippen LogP contribution in [0.25, 0.3) is 10.8 Å². The molecule has 67 heavy (non-hydrogen) atoms. The Morgan fingerprint density at radius 2 is 0.881 bits per heavy atom. The molecule has 0 spiro atoms. The maximum atomic E-state index is 12.4. The summed E-state index contributed by atoms with van der Waals surface area (Å²) in [5, 5.41) is 2.18. The van der Waals surface area contributed by atoms with Crippen molar-refractivity contribution in [1.29, 1.82) is 0 Å². The molecule has 9 heteroatoms. The van der Waals surface area contributed by atoms with E-state index in [0.29, 0.717) is 55.1 Å². The minimum Gasteiger partial charge on any atom is -0.493 e. The number of methoxy groups -OCH3 is 2. The van der Waals surface area contributed by atoms with Crippen molar-refractivity contribution in [3.8, 4) is 23.0 Å². The predicted molar refractivity (Wildman–Crippen MR) is 272 cm³/mol. The van der Waals surface area contributed by atoms with Gasteiger partial charge < -0.3 is 33.3 Å². The lowest BCUT2D eigenvalue weighted by molar-refractivity contribution is -0.140. The molecule has 0 radical (unpaired) electrons. The highest BCUT2D eigenvalue weighted by atomic mass is 16.5. The largest absolute Gasteiger partial charge is 0.493 e. The lowest BCUT2D eigenvalue weighted by atomic mass is 10.0. The summed E-state index contributed by atoms with van der Waals surface area (Å²) in [6.07, 6.45) is 23.6. The van der Waals surface area contributed by atoms with Crippen molar-refractivity contribution >= 4 is 28.4 Å². The number of hydrogen-bond acceptors (Lipinski definition) is 9. The van der Waals surface area contributed by atoms with Crippen molar-refractivity contribution in [1.82, 2.24) is 0 Å². The number of esters is 2. The molecule has 0 atom stereocenters. The third-order valence-electron chi connectivity index (χ3n) is 12.2. The summed E-state index contributed by atoms with van der Waals surface area (Å²) < 4.78 is 35.2. The predicted octanol–water partition coefficient (Wildman–Crippen LogP) is 14.2. The Labute approximate surface area is 401 Å². The Bertz CT molecular complexity index is 2120. The summed E-state index contributed by atoms with van der Waals surface area (Å²) in [4.78, 5) is 26.5. The van der Waals surface area contributed by atoms with Crippen molar-refractivity contribution in [3.63, 3.8) is 0 Å². The zero-order valence-electron chi connectivity index (χ0n) is 40.8. The first-order valence-electron chi connectivity index (χ1n) is 25.1. The van der Waals surface area contributed by atoms with Gasteiger partial charge in [-0.05, 0) is 65.3 Å². The third kappa shape index (κ3) is 20.4. The number of nitrogens with zero attached hydrogens (tertiary/aromatic N) is 1. The molecule has 362 valence electrons. The van der Waals surface area contributed by atoms with Crippen LogP contribution in [0, 0.1) is 0 Å². The van der Waals surface area contributed by atoms with E-state index in [1.54, 1.807) is 4.90 Å². The molecule has 0 N–H and O–H groups in total. The Morgan fingerprint density at radius 3 is 1.36 bits per heavy atom. The highest BCUT2D eigenvalue weighted by Gasteiger charge is 2.19. The maximum absolute atomic E-state index is 12.4. The summed E-state index contributed by atoms with van der Waals surface area (Å²) in [6, 6.07) is 36.6.